The Labute approximate surface area is 93.4 Å². The Bertz CT molecular complexity index is 307. The first-order chi connectivity index (χ1) is 6.13. The molecule has 2 heteroatoms. The molecule has 0 heterocycles. The molecule has 0 saturated heterocycles. The highest BCUT2D eigenvalue weighted by molar-refractivity contribution is 14.1. The molecule has 0 aliphatic rings. The van der Waals surface area contributed by atoms with Crippen LogP contribution in [0.5, 0.6) is 0 Å². The molecule has 0 radical (unpaired) electrons. The van der Waals surface area contributed by atoms with E-state index in [-0.39, 0.29) is 0 Å². The van der Waals surface area contributed by atoms with Crippen molar-refractivity contribution in [2.24, 2.45) is 0 Å². The van der Waals surface area contributed by atoms with Gasteiger partial charge in [0.25, 0.3) is 0 Å². The maximum atomic E-state index is 3.73. The lowest BCUT2D eigenvalue weighted by molar-refractivity contribution is 1.00. The van der Waals surface area contributed by atoms with Crippen LogP contribution in [-0.2, 0) is 0 Å². The molecule has 0 aromatic heterocycles. The van der Waals surface area contributed by atoms with Crippen LogP contribution >= 0.6 is 22.6 Å². The number of rotatable bonds is 3. The minimum absolute atomic E-state index is 0.318. The van der Waals surface area contributed by atoms with Crippen molar-refractivity contribution in [2.45, 2.75) is 19.9 Å². The van der Waals surface area contributed by atoms with E-state index in [0.29, 0.717) is 6.04 Å². The van der Waals surface area contributed by atoms with Crippen molar-refractivity contribution < 1.29 is 0 Å². The van der Waals surface area contributed by atoms with Crippen LogP contribution in [-0.4, -0.2) is 6.04 Å². The summed E-state index contributed by atoms with van der Waals surface area (Å²) in [6, 6.07) is 6.69. The maximum absolute atomic E-state index is 3.73. The third kappa shape index (κ3) is 3.03. The van der Waals surface area contributed by atoms with E-state index in [1.165, 1.54) is 9.13 Å². The van der Waals surface area contributed by atoms with Gasteiger partial charge in [0.05, 0.1) is 0 Å². The summed E-state index contributed by atoms with van der Waals surface area (Å²) in [5.74, 6) is 0. The molecule has 1 N–H and O–H groups in total. The fourth-order valence-electron chi connectivity index (χ4n) is 1.00. The van der Waals surface area contributed by atoms with Crippen molar-refractivity contribution in [3.05, 3.63) is 40.0 Å². The van der Waals surface area contributed by atoms with E-state index in [2.05, 4.69) is 66.5 Å². The van der Waals surface area contributed by atoms with E-state index in [0.717, 1.165) is 5.69 Å². The zero-order valence-electron chi connectivity index (χ0n) is 7.97. The molecular weight excluding hydrogens is 273 g/mol. The molecule has 70 valence electrons. The molecule has 0 amide bonds. The predicted octanol–water partition coefficient (Wildman–Crippen LogP) is 3.59. The summed E-state index contributed by atoms with van der Waals surface area (Å²) in [4.78, 5) is 0. The van der Waals surface area contributed by atoms with Crippen LogP contribution in [0.3, 0.4) is 0 Å². The summed E-state index contributed by atoms with van der Waals surface area (Å²) in [5, 5.41) is 3.34. The average molecular weight is 287 g/mol. The summed E-state index contributed by atoms with van der Waals surface area (Å²) < 4.78 is 1.29. The average Bonchev–Trinajstić information content (AvgIpc) is 2.11. The van der Waals surface area contributed by atoms with Crippen molar-refractivity contribution >= 4 is 28.3 Å². The Morgan fingerprint density at radius 2 is 2.23 bits per heavy atom. The van der Waals surface area contributed by atoms with Gasteiger partial charge in [-0.3, -0.25) is 0 Å². The first kappa shape index (κ1) is 10.6. The summed E-state index contributed by atoms with van der Waals surface area (Å²) in [7, 11) is 0. The van der Waals surface area contributed by atoms with Gasteiger partial charge in [-0.2, -0.15) is 0 Å². The number of hydrogen-bond donors (Lipinski definition) is 1. The standard InChI is InChI=1S/C11H14IN/c1-4-9(3)13-10-6-5-8(2)11(12)7-10/h4-7,9,13H,1H2,2-3H3. The highest BCUT2D eigenvalue weighted by Crippen LogP contribution is 2.17. The molecule has 1 aromatic rings. The van der Waals surface area contributed by atoms with Crippen molar-refractivity contribution in [1.82, 2.24) is 0 Å². The summed E-state index contributed by atoms with van der Waals surface area (Å²) in [5.41, 5.74) is 2.47. The number of nitrogens with one attached hydrogen (secondary N) is 1. The third-order valence-electron chi connectivity index (χ3n) is 1.92. The number of hydrogen-bond acceptors (Lipinski definition) is 1. The van der Waals surface area contributed by atoms with Crippen LogP contribution < -0.4 is 5.32 Å². The lowest BCUT2D eigenvalue weighted by Crippen LogP contribution is -2.11. The van der Waals surface area contributed by atoms with E-state index in [4.69, 9.17) is 0 Å². The Balaban J connectivity index is 2.79. The molecular formula is C11H14IN. The summed E-state index contributed by atoms with van der Waals surface area (Å²) in [6.07, 6.45) is 1.90. The van der Waals surface area contributed by atoms with Crippen molar-refractivity contribution in [3.8, 4) is 0 Å². The SMILES string of the molecule is C=CC(C)Nc1ccc(C)c(I)c1. The van der Waals surface area contributed by atoms with Crippen LogP contribution in [0.15, 0.2) is 30.9 Å². The van der Waals surface area contributed by atoms with E-state index in [1.807, 2.05) is 6.08 Å². The van der Waals surface area contributed by atoms with Gasteiger partial charge in [-0.25, -0.2) is 0 Å². The van der Waals surface area contributed by atoms with E-state index >= 15 is 0 Å². The van der Waals surface area contributed by atoms with Gasteiger partial charge < -0.3 is 5.32 Å². The molecule has 0 bridgehead atoms. The molecule has 1 rings (SSSR count). The summed E-state index contributed by atoms with van der Waals surface area (Å²) in [6.45, 7) is 7.93. The predicted molar refractivity (Wildman–Crippen MR) is 67.2 cm³/mol. The Hall–Kier alpha value is -0.510. The first-order valence-electron chi connectivity index (χ1n) is 4.28. The zero-order chi connectivity index (χ0) is 9.84. The molecule has 0 aliphatic carbocycles. The van der Waals surface area contributed by atoms with Crippen LogP contribution in [0.4, 0.5) is 5.69 Å². The van der Waals surface area contributed by atoms with E-state index in [9.17, 15) is 0 Å². The Morgan fingerprint density at radius 1 is 1.54 bits per heavy atom. The van der Waals surface area contributed by atoms with Gasteiger partial charge >= 0.3 is 0 Å². The van der Waals surface area contributed by atoms with E-state index < -0.39 is 0 Å². The molecule has 0 saturated carbocycles. The molecule has 13 heavy (non-hydrogen) atoms. The minimum Gasteiger partial charge on any atom is -0.379 e. The molecule has 0 aliphatic heterocycles. The van der Waals surface area contributed by atoms with Gasteiger partial charge in [-0.15, -0.1) is 6.58 Å². The normalized spacial score (nSPS) is 12.2. The van der Waals surface area contributed by atoms with E-state index in [1.54, 1.807) is 0 Å². The lowest BCUT2D eigenvalue weighted by atomic mass is 10.2. The Kier molecular flexibility index (Phi) is 3.78. The second kappa shape index (κ2) is 4.65. The fourth-order valence-corrected chi connectivity index (χ4v) is 1.52. The van der Waals surface area contributed by atoms with Crippen molar-refractivity contribution in [1.29, 1.82) is 0 Å². The molecule has 0 spiro atoms. The fraction of sp³-hybridized carbons (Fsp3) is 0.273. The molecule has 1 unspecified atom stereocenters. The van der Waals surface area contributed by atoms with Crippen LogP contribution in [0.1, 0.15) is 12.5 Å². The van der Waals surface area contributed by atoms with Gasteiger partial charge in [-0.05, 0) is 54.1 Å². The first-order valence-corrected chi connectivity index (χ1v) is 5.36. The molecule has 0 fully saturated rings. The third-order valence-corrected chi connectivity index (χ3v) is 3.08. The van der Waals surface area contributed by atoms with Gasteiger partial charge in [0.2, 0.25) is 0 Å². The second-order valence-corrected chi connectivity index (χ2v) is 4.29. The highest BCUT2D eigenvalue weighted by atomic mass is 127. The van der Waals surface area contributed by atoms with Gasteiger partial charge in [0, 0.05) is 15.3 Å². The monoisotopic (exact) mass is 287 g/mol. The van der Waals surface area contributed by atoms with Crippen LogP contribution in [0.25, 0.3) is 0 Å². The van der Waals surface area contributed by atoms with Crippen LogP contribution in [0.2, 0.25) is 0 Å². The number of benzene rings is 1. The van der Waals surface area contributed by atoms with Crippen molar-refractivity contribution in [3.63, 3.8) is 0 Å². The van der Waals surface area contributed by atoms with Gasteiger partial charge in [-0.1, -0.05) is 12.1 Å². The Morgan fingerprint density at radius 3 is 2.77 bits per heavy atom. The quantitative estimate of drug-likeness (QED) is 0.662. The van der Waals surface area contributed by atoms with Gasteiger partial charge in [0.15, 0.2) is 0 Å². The zero-order valence-corrected chi connectivity index (χ0v) is 10.1. The molecule has 1 nitrogen and oxygen atoms in total. The largest absolute Gasteiger partial charge is 0.379 e. The molecule has 1 aromatic carbocycles. The molecule has 1 atom stereocenters. The van der Waals surface area contributed by atoms with Gasteiger partial charge in [0.1, 0.15) is 0 Å². The second-order valence-electron chi connectivity index (χ2n) is 3.13. The number of aryl methyl sites for hydroxylation is 1. The maximum Gasteiger partial charge on any atom is 0.0413 e. The smallest absolute Gasteiger partial charge is 0.0413 e. The van der Waals surface area contributed by atoms with Crippen molar-refractivity contribution in [2.75, 3.05) is 5.32 Å². The van der Waals surface area contributed by atoms with Crippen LogP contribution in [0, 0.1) is 10.5 Å². The topological polar surface area (TPSA) is 12.0 Å². The summed E-state index contributed by atoms with van der Waals surface area (Å²) >= 11 is 2.34. The number of anilines is 1. The lowest BCUT2D eigenvalue weighted by Gasteiger charge is -2.11. The highest BCUT2D eigenvalue weighted by Gasteiger charge is 1.98. The number of halogens is 1. The minimum atomic E-state index is 0.318.